The molecule has 2 rings (SSSR count). The minimum absolute atomic E-state index is 0.0482. The number of likely N-dealkylation sites (tertiary alicyclic amines) is 1. The first-order valence-corrected chi connectivity index (χ1v) is 8.56. The zero-order chi connectivity index (χ0) is 16.9. The molecule has 4 heteroatoms. The molecule has 1 aromatic carbocycles. The molecule has 0 saturated carbocycles. The minimum atomic E-state index is -0.480. The zero-order valence-corrected chi connectivity index (χ0v) is 14.5. The molecule has 1 saturated heterocycles. The van der Waals surface area contributed by atoms with E-state index in [0.29, 0.717) is 19.5 Å². The van der Waals surface area contributed by atoms with Gasteiger partial charge in [-0.2, -0.15) is 0 Å². The van der Waals surface area contributed by atoms with Crippen molar-refractivity contribution in [2.45, 2.75) is 53.0 Å². The Morgan fingerprint density at radius 3 is 2.61 bits per heavy atom. The maximum absolute atomic E-state index is 12.6. The van der Waals surface area contributed by atoms with E-state index in [0.717, 1.165) is 31.4 Å². The van der Waals surface area contributed by atoms with Crippen molar-refractivity contribution in [2.75, 3.05) is 13.1 Å². The number of benzene rings is 1. The normalized spacial score (nSPS) is 21.1. The number of hydrogen-bond donors (Lipinski definition) is 1. The Kier molecular flexibility index (Phi) is 5.80. The maximum atomic E-state index is 12.6. The van der Waals surface area contributed by atoms with Crippen LogP contribution in [0.15, 0.2) is 24.3 Å². The van der Waals surface area contributed by atoms with Crippen LogP contribution in [0.25, 0.3) is 0 Å². The van der Waals surface area contributed by atoms with Crippen molar-refractivity contribution in [2.24, 2.45) is 5.41 Å². The van der Waals surface area contributed by atoms with E-state index < -0.39 is 5.41 Å². The van der Waals surface area contributed by atoms with E-state index in [-0.39, 0.29) is 11.8 Å². The summed E-state index contributed by atoms with van der Waals surface area (Å²) < 4.78 is 0. The quantitative estimate of drug-likeness (QED) is 0.907. The van der Waals surface area contributed by atoms with Crippen LogP contribution in [0, 0.1) is 12.3 Å². The lowest BCUT2D eigenvalue weighted by Gasteiger charge is -2.39. The summed E-state index contributed by atoms with van der Waals surface area (Å²) in [6.07, 6.45) is 3.15. The topological polar surface area (TPSA) is 49.4 Å². The largest absolute Gasteiger partial charge is 0.351 e. The van der Waals surface area contributed by atoms with E-state index >= 15 is 0 Å². The number of carbonyl (C=O) groups excluding carboxylic acids is 2. The molecule has 1 atom stereocenters. The Morgan fingerprint density at radius 1 is 1.26 bits per heavy atom. The molecular formula is C19H28N2O2. The molecule has 1 N–H and O–H groups in total. The summed E-state index contributed by atoms with van der Waals surface area (Å²) in [5, 5.41) is 3.04. The van der Waals surface area contributed by atoms with Gasteiger partial charge in [-0.25, -0.2) is 0 Å². The van der Waals surface area contributed by atoms with Crippen LogP contribution in [0.5, 0.6) is 0 Å². The number of nitrogens with one attached hydrogen (secondary N) is 1. The predicted octanol–water partition coefficient (Wildman–Crippen LogP) is 3.04. The van der Waals surface area contributed by atoms with Crippen LogP contribution >= 0.6 is 0 Å². The van der Waals surface area contributed by atoms with Crippen molar-refractivity contribution in [3.63, 3.8) is 0 Å². The number of piperidine rings is 1. The monoisotopic (exact) mass is 316 g/mol. The van der Waals surface area contributed by atoms with Crippen molar-refractivity contribution in [3.8, 4) is 0 Å². The van der Waals surface area contributed by atoms with Gasteiger partial charge >= 0.3 is 0 Å². The molecule has 1 aliphatic heterocycles. The van der Waals surface area contributed by atoms with Crippen LogP contribution in [-0.2, 0) is 16.1 Å². The van der Waals surface area contributed by atoms with Crippen LogP contribution in [0.3, 0.4) is 0 Å². The third-order valence-corrected chi connectivity index (χ3v) is 4.63. The molecule has 23 heavy (non-hydrogen) atoms. The first kappa shape index (κ1) is 17.5. The predicted molar refractivity (Wildman–Crippen MR) is 91.9 cm³/mol. The fourth-order valence-electron chi connectivity index (χ4n) is 3.11. The number of aryl methyl sites for hydroxylation is 1. The van der Waals surface area contributed by atoms with E-state index in [1.165, 1.54) is 5.56 Å². The van der Waals surface area contributed by atoms with E-state index in [1.807, 2.05) is 37.8 Å². The fourth-order valence-corrected chi connectivity index (χ4v) is 3.11. The molecule has 2 amide bonds. The Hall–Kier alpha value is -1.84. The van der Waals surface area contributed by atoms with Gasteiger partial charge in [-0.05, 0) is 38.7 Å². The average molecular weight is 316 g/mol. The molecule has 126 valence electrons. The smallest absolute Gasteiger partial charge is 0.227 e. The average Bonchev–Trinajstić information content (AvgIpc) is 2.54. The molecule has 1 fully saturated rings. The summed E-state index contributed by atoms with van der Waals surface area (Å²) in [5.41, 5.74) is 1.83. The molecule has 4 nitrogen and oxygen atoms in total. The molecule has 0 spiro atoms. The SMILES string of the molecule is CCCC(=O)N1CCCC(C)(C(=O)NCc2ccc(C)cc2)C1. The van der Waals surface area contributed by atoms with E-state index in [1.54, 1.807) is 0 Å². The molecule has 0 aliphatic carbocycles. The van der Waals surface area contributed by atoms with Gasteiger partial charge in [0, 0.05) is 26.1 Å². The number of rotatable bonds is 5. The molecule has 1 unspecified atom stereocenters. The highest BCUT2D eigenvalue weighted by atomic mass is 16.2. The van der Waals surface area contributed by atoms with E-state index in [4.69, 9.17) is 0 Å². The fraction of sp³-hybridized carbons (Fsp3) is 0.579. The first-order valence-electron chi connectivity index (χ1n) is 8.56. The lowest BCUT2D eigenvalue weighted by Crippen LogP contribution is -2.51. The second-order valence-electron chi connectivity index (χ2n) is 6.90. The second-order valence-corrected chi connectivity index (χ2v) is 6.90. The standard InChI is InChI=1S/C19H28N2O2/c1-4-6-17(22)21-12-5-11-19(3,14-21)18(23)20-13-16-9-7-15(2)8-10-16/h7-10H,4-6,11-14H2,1-3H3,(H,20,23). The summed E-state index contributed by atoms with van der Waals surface area (Å²) in [6, 6.07) is 8.18. The minimum Gasteiger partial charge on any atom is -0.351 e. The van der Waals surface area contributed by atoms with Gasteiger partial charge in [0.15, 0.2) is 0 Å². The van der Waals surface area contributed by atoms with Crippen molar-refractivity contribution >= 4 is 11.8 Å². The second kappa shape index (κ2) is 7.62. The summed E-state index contributed by atoms with van der Waals surface area (Å²) in [6.45, 7) is 7.88. The van der Waals surface area contributed by atoms with Crippen molar-refractivity contribution in [1.82, 2.24) is 10.2 Å². The highest BCUT2D eigenvalue weighted by Crippen LogP contribution is 2.30. The molecule has 0 bridgehead atoms. The number of amides is 2. The van der Waals surface area contributed by atoms with Gasteiger partial charge in [0.1, 0.15) is 0 Å². The molecule has 0 aromatic heterocycles. The number of carbonyl (C=O) groups is 2. The van der Waals surface area contributed by atoms with E-state index in [2.05, 4.69) is 17.4 Å². The van der Waals surface area contributed by atoms with Crippen molar-refractivity contribution in [3.05, 3.63) is 35.4 Å². The van der Waals surface area contributed by atoms with Crippen LogP contribution < -0.4 is 5.32 Å². The maximum Gasteiger partial charge on any atom is 0.227 e. The van der Waals surface area contributed by atoms with Crippen LogP contribution in [0.2, 0.25) is 0 Å². The highest BCUT2D eigenvalue weighted by Gasteiger charge is 2.38. The summed E-state index contributed by atoms with van der Waals surface area (Å²) in [7, 11) is 0. The number of nitrogens with zero attached hydrogens (tertiary/aromatic N) is 1. The Labute approximate surface area is 139 Å². The van der Waals surface area contributed by atoms with Crippen LogP contribution in [0.1, 0.15) is 50.7 Å². The van der Waals surface area contributed by atoms with Gasteiger partial charge in [0.2, 0.25) is 11.8 Å². The van der Waals surface area contributed by atoms with Gasteiger partial charge in [0.05, 0.1) is 5.41 Å². The van der Waals surface area contributed by atoms with Crippen LogP contribution in [0.4, 0.5) is 0 Å². The molecule has 1 aromatic rings. The Bertz CT molecular complexity index is 553. The summed E-state index contributed by atoms with van der Waals surface area (Å²) >= 11 is 0. The first-order chi connectivity index (χ1) is 10.9. The zero-order valence-electron chi connectivity index (χ0n) is 14.5. The van der Waals surface area contributed by atoms with Crippen molar-refractivity contribution in [1.29, 1.82) is 0 Å². The van der Waals surface area contributed by atoms with Crippen LogP contribution in [-0.4, -0.2) is 29.8 Å². The lowest BCUT2D eigenvalue weighted by atomic mass is 9.80. The highest BCUT2D eigenvalue weighted by molar-refractivity contribution is 5.84. The number of hydrogen-bond acceptors (Lipinski definition) is 2. The van der Waals surface area contributed by atoms with E-state index in [9.17, 15) is 9.59 Å². The Morgan fingerprint density at radius 2 is 1.96 bits per heavy atom. The van der Waals surface area contributed by atoms with Gasteiger partial charge < -0.3 is 10.2 Å². The molecular weight excluding hydrogens is 288 g/mol. The summed E-state index contributed by atoms with van der Waals surface area (Å²) in [5.74, 6) is 0.219. The molecule has 1 heterocycles. The van der Waals surface area contributed by atoms with Gasteiger partial charge in [-0.15, -0.1) is 0 Å². The van der Waals surface area contributed by atoms with Gasteiger partial charge in [0.25, 0.3) is 0 Å². The van der Waals surface area contributed by atoms with Crippen molar-refractivity contribution < 1.29 is 9.59 Å². The third kappa shape index (κ3) is 4.57. The lowest BCUT2D eigenvalue weighted by molar-refractivity contribution is -0.140. The van der Waals surface area contributed by atoms with Gasteiger partial charge in [-0.3, -0.25) is 9.59 Å². The third-order valence-electron chi connectivity index (χ3n) is 4.63. The molecule has 0 radical (unpaired) electrons. The Balaban J connectivity index is 1.94. The van der Waals surface area contributed by atoms with Gasteiger partial charge in [-0.1, -0.05) is 36.8 Å². The molecule has 1 aliphatic rings. The summed E-state index contributed by atoms with van der Waals surface area (Å²) in [4.78, 5) is 26.6.